The van der Waals surface area contributed by atoms with Crippen LogP contribution in [0.25, 0.3) is 0 Å². The minimum Gasteiger partial charge on any atom is -0.378 e. The van der Waals surface area contributed by atoms with Gasteiger partial charge in [-0.15, -0.1) is 0 Å². The van der Waals surface area contributed by atoms with Crippen molar-refractivity contribution in [2.24, 2.45) is 0 Å². The van der Waals surface area contributed by atoms with Crippen LogP contribution < -0.4 is 5.32 Å². The SMILES string of the molecule is CCNC(c1ccccc1)(c1ccccc1)[C@@H]1OC(C)(C)O[C@H]1C(O)(c1ccccc1)c1ccccc1. The van der Waals surface area contributed by atoms with E-state index in [0.29, 0.717) is 6.54 Å². The van der Waals surface area contributed by atoms with Crippen molar-refractivity contribution >= 4 is 0 Å². The van der Waals surface area contributed by atoms with E-state index in [9.17, 15) is 5.11 Å². The zero-order valence-corrected chi connectivity index (χ0v) is 21.7. The summed E-state index contributed by atoms with van der Waals surface area (Å²) >= 11 is 0. The summed E-state index contributed by atoms with van der Waals surface area (Å²) in [5.41, 5.74) is 1.32. The van der Waals surface area contributed by atoms with Crippen LogP contribution in [-0.2, 0) is 20.6 Å². The zero-order chi connectivity index (χ0) is 25.9. The minimum atomic E-state index is -1.48. The number of nitrogens with one attached hydrogen (secondary N) is 1. The molecule has 1 aliphatic rings. The minimum absolute atomic E-state index is 0.585. The molecule has 5 rings (SSSR count). The lowest BCUT2D eigenvalue weighted by Crippen LogP contribution is -2.60. The van der Waals surface area contributed by atoms with Gasteiger partial charge in [-0.2, -0.15) is 0 Å². The fourth-order valence-corrected chi connectivity index (χ4v) is 5.74. The van der Waals surface area contributed by atoms with Crippen molar-refractivity contribution in [1.82, 2.24) is 5.32 Å². The van der Waals surface area contributed by atoms with Crippen molar-refractivity contribution in [3.63, 3.8) is 0 Å². The molecule has 0 amide bonds. The number of likely N-dealkylation sites (N-methyl/N-ethyl adjacent to an activating group) is 1. The van der Waals surface area contributed by atoms with Crippen LogP contribution in [0.5, 0.6) is 0 Å². The first kappa shape index (κ1) is 25.4. The van der Waals surface area contributed by atoms with Gasteiger partial charge in [-0.05, 0) is 42.6 Å². The molecule has 0 saturated carbocycles. The summed E-state index contributed by atoms with van der Waals surface area (Å²) in [6.45, 7) is 6.62. The van der Waals surface area contributed by atoms with Crippen molar-refractivity contribution in [2.45, 2.75) is 49.9 Å². The molecule has 0 aliphatic carbocycles. The molecule has 1 heterocycles. The smallest absolute Gasteiger partial charge is 0.164 e. The molecule has 0 spiro atoms. The summed E-state index contributed by atoms with van der Waals surface area (Å²) in [5.74, 6) is -0.933. The number of ether oxygens (including phenoxy) is 2. The lowest BCUT2D eigenvalue weighted by molar-refractivity contribution is -0.167. The van der Waals surface area contributed by atoms with Gasteiger partial charge < -0.3 is 19.9 Å². The number of rotatable bonds is 8. The number of benzene rings is 4. The van der Waals surface area contributed by atoms with Crippen LogP contribution in [0.15, 0.2) is 121 Å². The first-order valence-electron chi connectivity index (χ1n) is 13.0. The molecule has 4 nitrogen and oxygen atoms in total. The summed E-state index contributed by atoms with van der Waals surface area (Å²) < 4.78 is 13.6. The lowest BCUT2D eigenvalue weighted by atomic mass is 9.70. The summed E-state index contributed by atoms with van der Waals surface area (Å²) in [4.78, 5) is 0. The highest BCUT2D eigenvalue weighted by Gasteiger charge is 2.61. The molecule has 37 heavy (non-hydrogen) atoms. The van der Waals surface area contributed by atoms with Crippen LogP contribution in [-0.4, -0.2) is 29.6 Å². The molecule has 2 N–H and O–H groups in total. The fourth-order valence-electron chi connectivity index (χ4n) is 5.74. The quantitative estimate of drug-likeness (QED) is 0.316. The Balaban J connectivity index is 1.80. The standard InChI is InChI=1S/C33H35NO3/c1-4-34-32(25-17-9-5-10-18-25,26-19-11-6-12-20-26)29-30(37-31(2,3)36-29)33(35,27-21-13-7-14-22-27)28-23-15-8-16-24-28/h5-24,29-30,34-35H,4H2,1-3H3/t29-,30-/m1/s1. The van der Waals surface area contributed by atoms with Crippen LogP contribution in [0.1, 0.15) is 43.0 Å². The maximum absolute atomic E-state index is 12.8. The van der Waals surface area contributed by atoms with Gasteiger partial charge in [0.1, 0.15) is 17.8 Å². The molecule has 4 aromatic carbocycles. The maximum Gasteiger partial charge on any atom is 0.164 e. The fraction of sp³-hybridized carbons (Fsp3) is 0.273. The third kappa shape index (κ3) is 4.51. The largest absolute Gasteiger partial charge is 0.378 e. The van der Waals surface area contributed by atoms with Gasteiger partial charge in [0.25, 0.3) is 0 Å². The van der Waals surface area contributed by atoms with E-state index in [4.69, 9.17) is 9.47 Å². The lowest BCUT2D eigenvalue weighted by Gasteiger charge is -2.46. The van der Waals surface area contributed by atoms with Crippen molar-refractivity contribution in [3.8, 4) is 0 Å². The Morgan fingerprint density at radius 2 is 0.973 bits per heavy atom. The van der Waals surface area contributed by atoms with E-state index >= 15 is 0 Å². The summed E-state index contributed by atoms with van der Waals surface area (Å²) in [6, 6.07) is 40.2. The topological polar surface area (TPSA) is 50.7 Å². The Hall–Kier alpha value is -3.28. The molecule has 0 bridgehead atoms. The average Bonchev–Trinajstić information content (AvgIpc) is 3.29. The molecule has 4 heteroatoms. The van der Waals surface area contributed by atoms with E-state index in [2.05, 4.69) is 36.5 Å². The predicted octanol–water partition coefficient (Wildman–Crippen LogP) is 6.00. The highest BCUT2D eigenvalue weighted by molar-refractivity contribution is 5.45. The van der Waals surface area contributed by atoms with E-state index in [0.717, 1.165) is 22.3 Å². The predicted molar refractivity (Wildman–Crippen MR) is 147 cm³/mol. The van der Waals surface area contributed by atoms with Crippen molar-refractivity contribution in [3.05, 3.63) is 144 Å². The summed E-state index contributed by atoms with van der Waals surface area (Å²) in [5, 5.41) is 16.6. The molecule has 2 atom stereocenters. The molecular formula is C33H35NO3. The third-order valence-electron chi connectivity index (χ3n) is 7.28. The third-order valence-corrected chi connectivity index (χ3v) is 7.28. The van der Waals surface area contributed by atoms with Crippen LogP contribution in [0.3, 0.4) is 0 Å². The Morgan fingerprint density at radius 1 is 0.622 bits per heavy atom. The molecule has 0 aromatic heterocycles. The second-order valence-corrected chi connectivity index (χ2v) is 10.0. The average molecular weight is 494 g/mol. The first-order valence-corrected chi connectivity index (χ1v) is 13.0. The molecule has 190 valence electrons. The van der Waals surface area contributed by atoms with Crippen LogP contribution in [0.2, 0.25) is 0 Å². The number of hydrogen-bond donors (Lipinski definition) is 2. The summed E-state index contributed by atoms with van der Waals surface area (Å²) in [7, 11) is 0. The van der Waals surface area contributed by atoms with Crippen LogP contribution >= 0.6 is 0 Å². The van der Waals surface area contributed by atoms with Gasteiger partial charge in [0.15, 0.2) is 5.79 Å². The van der Waals surface area contributed by atoms with Gasteiger partial charge in [0.05, 0.1) is 5.54 Å². The van der Waals surface area contributed by atoms with Gasteiger partial charge in [0.2, 0.25) is 0 Å². The highest BCUT2D eigenvalue weighted by atomic mass is 16.8. The van der Waals surface area contributed by atoms with Gasteiger partial charge >= 0.3 is 0 Å². The van der Waals surface area contributed by atoms with Crippen LogP contribution in [0.4, 0.5) is 0 Å². The maximum atomic E-state index is 12.8. The second kappa shape index (κ2) is 10.2. The zero-order valence-electron chi connectivity index (χ0n) is 21.7. The molecular weight excluding hydrogens is 458 g/mol. The van der Waals surface area contributed by atoms with E-state index in [1.54, 1.807) is 0 Å². The Labute approximate surface area is 219 Å². The molecule has 0 unspecified atom stereocenters. The monoisotopic (exact) mass is 493 g/mol. The Kier molecular flexibility index (Phi) is 7.02. The van der Waals surface area contributed by atoms with E-state index < -0.39 is 29.1 Å². The van der Waals surface area contributed by atoms with Crippen molar-refractivity contribution in [1.29, 1.82) is 0 Å². The van der Waals surface area contributed by atoms with E-state index in [1.807, 2.05) is 111 Å². The van der Waals surface area contributed by atoms with E-state index in [-0.39, 0.29) is 0 Å². The molecule has 1 saturated heterocycles. The molecule has 1 aliphatic heterocycles. The molecule has 4 aromatic rings. The normalized spacial score (nSPS) is 19.6. The van der Waals surface area contributed by atoms with Gasteiger partial charge in [0, 0.05) is 0 Å². The number of aliphatic hydroxyl groups is 1. The van der Waals surface area contributed by atoms with Gasteiger partial charge in [-0.1, -0.05) is 128 Å². The van der Waals surface area contributed by atoms with Gasteiger partial charge in [-0.25, -0.2) is 0 Å². The second-order valence-electron chi connectivity index (χ2n) is 10.0. The van der Waals surface area contributed by atoms with Gasteiger partial charge in [-0.3, -0.25) is 0 Å². The molecule has 1 fully saturated rings. The Morgan fingerprint density at radius 3 is 1.35 bits per heavy atom. The van der Waals surface area contributed by atoms with Crippen molar-refractivity contribution in [2.75, 3.05) is 6.54 Å². The molecule has 0 radical (unpaired) electrons. The highest BCUT2D eigenvalue weighted by Crippen LogP contribution is 2.50. The van der Waals surface area contributed by atoms with E-state index in [1.165, 1.54) is 0 Å². The first-order chi connectivity index (χ1) is 17.9. The van der Waals surface area contributed by atoms with Crippen molar-refractivity contribution < 1.29 is 14.6 Å². The number of hydrogen-bond acceptors (Lipinski definition) is 4. The summed E-state index contributed by atoms with van der Waals surface area (Å²) in [6.07, 6.45) is -1.33. The Bertz CT molecular complexity index is 1200. The van der Waals surface area contributed by atoms with Crippen LogP contribution in [0, 0.1) is 0 Å².